The van der Waals surface area contributed by atoms with Crippen LogP contribution in [-0.2, 0) is 13.1 Å². The van der Waals surface area contributed by atoms with Gasteiger partial charge in [0.2, 0.25) is 0 Å². The third-order valence-corrected chi connectivity index (χ3v) is 3.65. The van der Waals surface area contributed by atoms with E-state index < -0.39 is 0 Å². The molecule has 7 heteroatoms. The van der Waals surface area contributed by atoms with Gasteiger partial charge < -0.3 is 11.1 Å². The van der Waals surface area contributed by atoms with Crippen molar-refractivity contribution in [1.82, 2.24) is 19.6 Å². The van der Waals surface area contributed by atoms with E-state index in [4.69, 9.17) is 5.73 Å². The lowest BCUT2D eigenvalue weighted by molar-refractivity contribution is 0.893. The van der Waals surface area contributed by atoms with E-state index in [1.165, 1.54) is 0 Å². The van der Waals surface area contributed by atoms with Crippen molar-refractivity contribution < 1.29 is 0 Å². The van der Waals surface area contributed by atoms with Gasteiger partial charge in [-0.3, -0.25) is 4.98 Å². The van der Waals surface area contributed by atoms with Crippen molar-refractivity contribution in [3.63, 3.8) is 0 Å². The fraction of sp³-hybridized carbons (Fsp3) is 0.154. The summed E-state index contributed by atoms with van der Waals surface area (Å²) < 4.78 is 2.51. The molecule has 3 aromatic heterocycles. The molecule has 0 saturated heterocycles. The standard InChI is InChI=1S/C13H13BrN6/c14-13-10(7-15)18-12-5-4-11(19-20(12)13)17-8-9-3-1-2-6-16-9/h1-6H,7-8,15H2,(H,17,19). The number of hydrogen-bond donors (Lipinski definition) is 2. The van der Waals surface area contributed by atoms with Gasteiger partial charge in [-0.1, -0.05) is 6.07 Å². The number of nitrogens with two attached hydrogens (primary N) is 1. The smallest absolute Gasteiger partial charge is 0.155 e. The maximum Gasteiger partial charge on any atom is 0.155 e. The molecule has 0 aliphatic rings. The predicted octanol–water partition coefficient (Wildman–Crippen LogP) is 1.96. The molecule has 3 heterocycles. The molecule has 0 aliphatic heterocycles. The van der Waals surface area contributed by atoms with Crippen LogP contribution in [0.15, 0.2) is 41.1 Å². The van der Waals surface area contributed by atoms with E-state index in [1.54, 1.807) is 10.7 Å². The maximum atomic E-state index is 5.63. The molecule has 0 atom stereocenters. The van der Waals surface area contributed by atoms with Crippen molar-refractivity contribution in [2.24, 2.45) is 5.73 Å². The van der Waals surface area contributed by atoms with E-state index in [-0.39, 0.29) is 0 Å². The minimum Gasteiger partial charge on any atom is -0.363 e. The second kappa shape index (κ2) is 5.56. The molecule has 3 N–H and O–H groups in total. The fourth-order valence-electron chi connectivity index (χ4n) is 1.86. The fourth-order valence-corrected chi connectivity index (χ4v) is 2.37. The molecular weight excluding hydrogens is 320 g/mol. The topological polar surface area (TPSA) is 81.1 Å². The number of halogens is 1. The SMILES string of the molecule is NCc1nc2ccc(NCc3ccccn3)nn2c1Br. The number of rotatable bonds is 4. The van der Waals surface area contributed by atoms with Gasteiger partial charge >= 0.3 is 0 Å². The maximum absolute atomic E-state index is 5.63. The van der Waals surface area contributed by atoms with E-state index >= 15 is 0 Å². The molecule has 6 nitrogen and oxygen atoms in total. The Morgan fingerprint density at radius 1 is 1.25 bits per heavy atom. The number of nitrogens with zero attached hydrogens (tertiary/aromatic N) is 4. The monoisotopic (exact) mass is 332 g/mol. The Hall–Kier alpha value is -1.99. The lowest BCUT2D eigenvalue weighted by Crippen LogP contribution is -2.05. The Kier molecular flexibility index (Phi) is 3.62. The lowest BCUT2D eigenvalue weighted by Gasteiger charge is -2.05. The van der Waals surface area contributed by atoms with Crippen molar-refractivity contribution in [2.75, 3.05) is 5.32 Å². The highest BCUT2D eigenvalue weighted by atomic mass is 79.9. The van der Waals surface area contributed by atoms with Gasteiger partial charge in [0, 0.05) is 12.7 Å². The minimum atomic E-state index is 0.376. The number of aromatic nitrogens is 4. The number of imidazole rings is 1. The molecule has 0 amide bonds. The highest BCUT2D eigenvalue weighted by molar-refractivity contribution is 9.10. The Morgan fingerprint density at radius 2 is 2.15 bits per heavy atom. The van der Waals surface area contributed by atoms with Gasteiger partial charge in [0.05, 0.1) is 17.9 Å². The molecule has 3 rings (SSSR count). The van der Waals surface area contributed by atoms with E-state index in [0.29, 0.717) is 13.1 Å². The zero-order valence-corrected chi connectivity index (χ0v) is 12.2. The Balaban J connectivity index is 1.84. The summed E-state index contributed by atoms with van der Waals surface area (Å²) in [4.78, 5) is 8.63. The Labute approximate surface area is 124 Å². The molecule has 102 valence electrons. The number of pyridine rings is 1. The zero-order valence-electron chi connectivity index (χ0n) is 10.6. The van der Waals surface area contributed by atoms with Crippen LogP contribution in [0.3, 0.4) is 0 Å². The first kappa shape index (κ1) is 13.0. The summed E-state index contributed by atoms with van der Waals surface area (Å²) in [5.74, 6) is 0.754. The van der Waals surface area contributed by atoms with Gasteiger partial charge in [0.1, 0.15) is 10.4 Å². The first-order chi connectivity index (χ1) is 9.78. The quantitative estimate of drug-likeness (QED) is 0.763. The van der Waals surface area contributed by atoms with Gasteiger partial charge in [-0.2, -0.15) is 0 Å². The molecule has 0 saturated carbocycles. The molecule has 0 aliphatic carbocycles. The second-order valence-electron chi connectivity index (χ2n) is 4.22. The van der Waals surface area contributed by atoms with Crippen LogP contribution >= 0.6 is 15.9 Å². The molecule has 0 radical (unpaired) electrons. The van der Waals surface area contributed by atoms with Gasteiger partial charge in [-0.15, -0.1) is 5.10 Å². The minimum absolute atomic E-state index is 0.376. The highest BCUT2D eigenvalue weighted by Crippen LogP contribution is 2.18. The van der Waals surface area contributed by atoms with Gasteiger partial charge in [-0.05, 0) is 40.2 Å². The van der Waals surface area contributed by atoms with Crippen molar-refractivity contribution in [3.8, 4) is 0 Å². The summed E-state index contributed by atoms with van der Waals surface area (Å²) >= 11 is 3.46. The lowest BCUT2D eigenvalue weighted by atomic mass is 10.3. The van der Waals surface area contributed by atoms with Crippen LogP contribution in [-0.4, -0.2) is 19.6 Å². The summed E-state index contributed by atoms with van der Waals surface area (Å²) in [6, 6.07) is 9.60. The average molecular weight is 333 g/mol. The van der Waals surface area contributed by atoms with Crippen molar-refractivity contribution in [1.29, 1.82) is 0 Å². The average Bonchev–Trinajstić information content (AvgIpc) is 2.82. The van der Waals surface area contributed by atoms with E-state index in [9.17, 15) is 0 Å². The summed E-state index contributed by atoms with van der Waals surface area (Å²) in [6.07, 6.45) is 1.77. The normalized spacial score (nSPS) is 10.9. The summed E-state index contributed by atoms with van der Waals surface area (Å²) in [7, 11) is 0. The van der Waals surface area contributed by atoms with E-state index in [1.807, 2.05) is 30.3 Å². The van der Waals surface area contributed by atoms with Crippen LogP contribution in [0.5, 0.6) is 0 Å². The van der Waals surface area contributed by atoms with Crippen LogP contribution in [0, 0.1) is 0 Å². The largest absolute Gasteiger partial charge is 0.363 e. The number of anilines is 1. The van der Waals surface area contributed by atoms with Gasteiger partial charge in [-0.25, -0.2) is 9.50 Å². The number of hydrogen-bond acceptors (Lipinski definition) is 5. The van der Waals surface area contributed by atoms with Crippen LogP contribution in [0.25, 0.3) is 5.65 Å². The molecule has 0 unspecified atom stereocenters. The summed E-state index contributed by atoms with van der Waals surface area (Å²) in [6.45, 7) is 0.996. The van der Waals surface area contributed by atoms with Crippen molar-refractivity contribution >= 4 is 27.4 Å². The van der Waals surface area contributed by atoms with Crippen molar-refractivity contribution in [2.45, 2.75) is 13.1 Å². The zero-order chi connectivity index (χ0) is 13.9. The second-order valence-corrected chi connectivity index (χ2v) is 4.97. The third kappa shape index (κ3) is 2.50. The van der Waals surface area contributed by atoms with Crippen LogP contribution in [0.2, 0.25) is 0 Å². The van der Waals surface area contributed by atoms with Crippen LogP contribution in [0.1, 0.15) is 11.4 Å². The first-order valence-corrected chi connectivity index (χ1v) is 6.95. The Morgan fingerprint density at radius 3 is 2.90 bits per heavy atom. The van der Waals surface area contributed by atoms with E-state index in [0.717, 1.165) is 27.5 Å². The molecule has 0 fully saturated rings. The summed E-state index contributed by atoms with van der Waals surface area (Å²) in [5.41, 5.74) is 8.15. The number of nitrogens with one attached hydrogen (secondary N) is 1. The Bertz CT molecular complexity index is 724. The molecule has 3 aromatic rings. The van der Waals surface area contributed by atoms with Gasteiger partial charge in [0.15, 0.2) is 5.65 Å². The highest BCUT2D eigenvalue weighted by Gasteiger charge is 2.09. The van der Waals surface area contributed by atoms with Crippen LogP contribution < -0.4 is 11.1 Å². The first-order valence-electron chi connectivity index (χ1n) is 6.16. The predicted molar refractivity (Wildman–Crippen MR) is 80.1 cm³/mol. The van der Waals surface area contributed by atoms with Gasteiger partial charge in [0.25, 0.3) is 0 Å². The van der Waals surface area contributed by atoms with Crippen LogP contribution in [0.4, 0.5) is 5.82 Å². The number of fused-ring (bicyclic) bond motifs is 1. The third-order valence-electron chi connectivity index (χ3n) is 2.86. The molecule has 0 spiro atoms. The van der Waals surface area contributed by atoms with Crippen molar-refractivity contribution in [3.05, 3.63) is 52.5 Å². The molecular formula is C13H13BrN6. The van der Waals surface area contributed by atoms with E-state index in [2.05, 4.69) is 36.3 Å². The molecule has 20 heavy (non-hydrogen) atoms. The molecule has 0 bridgehead atoms. The summed E-state index contributed by atoms with van der Waals surface area (Å²) in [5, 5.41) is 7.70. The molecule has 0 aromatic carbocycles.